The number of nitrogens with two attached hydrogens (primary N) is 1. The summed E-state index contributed by atoms with van der Waals surface area (Å²) in [7, 11) is 0. The fourth-order valence-electron chi connectivity index (χ4n) is 2.72. The molecule has 0 saturated carbocycles. The number of aromatic nitrogens is 2. The van der Waals surface area contributed by atoms with Crippen molar-refractivity contribution in [2.75, 3.05) is 5.73 Å². The average Bonchev–Trinajstić information content (AvgIpc) is 2.98. The number of hydrogen-bond donors (Lipinski definition) is 3. The van der Waals surface area contributed by atoms with Crippen molar-refractivity contribution in [3.8, 4) is 0 Å². The Morgan fingerprint density at radius 2 is 1.77 bits per heavy atom. The molecule has 0 saturated heterocycles. The summed E-state index contributed by atoms with van der Waals surface area (Å²) in [6.45, 7) is 4.14. The molecular formula is C19H24Cl2N4O. The number of nitrogens with one attached hydrogen (secondary N) is 2. The van der Waals surface area contributed by atoms with Gasteiger partial charge in [0, 0.05) is 5.69 Å². The van der Waals surface area contributed by atoms with Gasteiger partial charge in [-0.25, -0.2) is 4.98 Å². The van der Waals surface area contributed by atoms with Crippen LogP contribution < -0.4 is 11.1 Å². The maximum Gasteiger partial charge on any atom is 0.225 e. The van der Waals surface area contributed by atoms with Gasteiger partial charge in [0.25, 0.3) is 0 Å². The highest BCUT2D eigenvalue weighted by Gasteiger charge is 2.21. The van der Waals surface area contributed by atoms with E-state index in [2.05, 4.69) is 29.1 Å². The van der Waals surface area contributed by atoms with E-state index in [1.807, 2.05) is 48.5 Å². The van der Waals surface area contributed by atoms with Crippen LogP contribution >= 0.6 is 24.8 Å². The number of aromatic amines is 1. The van der Waals surface area contributed by atoms with Crippen molar-refractivity contribution in [1.82, 2.24) is 15.3 Å². The summed E-state index contributed by atoms with van der Waals surface area (Å²) in [5.74, 6) is 0.983. The number of carbonyl (C=O) groups is 1. The van der Waals surface area contributed by atoms with Gasteiger partial charge in [-0.1, -0.05) is 38.1 Å². The van der Waals surface area contributed by atoms with Crippen LogP contribution in [0.5, 0.6) is 0 Å². The summed E-state index contributed by atoms with van der Waals surface area (Å²) in [5.41, 5.74) is 9.20. The summed E-state index contributed by atoms with van der Waals surface area (Å²) in [6, 6.07) is 15.1. The molecule has 0 aliphatic rings. The summed E-state index contributed by atoms with van der Waals surface area (Å²) in [6.07, 6.45) is 0.323. The molecule has 0 bridgehead atoms. The number of rotatable bonds is 5. The summed E-state index contributed by atoms with van der Waals surface area (Å²) >= 11 is 0. The van der Waals surface area contributed by atoms with E-state index in [9.17, 15) is 4.79 Å². The van der Waals surface area contributed by atoms with Crippen LogP contribution in [-0.4, -0.2) is 15.9 Å². The van der Waals surface area contributed by atoms with Gasteiger partial charge in [-0.3, -0.25) is 4.79 Å². The first-order valence-corrected chi connectivity index (χ1v) is 8.11. The first kappa shape index (κ1) is 21.8. The largest absolute Gasteiger partial charge is 0.399 e. The third kappa shape index (κ3) is 5.13. The minimum absolute atomic E-state index is 0. The molecule has 1 heterocycles. The number of halogens is 2. The lowest BCUT2D eigenvalue weighted by atomic mass is 10.0. The van der Waals surface area contributed by atoms with Gasteiger partial charge in [0.1, 0.15) is 5.82 Å². The number of hydrogen-bond acceptors (Lipinski definition) is 3. The van der Waals surface area contributed by atoms with Crippen molar-refractivity contribution in [1.29, 1.82) is 0 Å². The van der Waals surface area contributed by atoms with Gasteiger partial charge in [0.2, 0.25) is 5.91 Å². The Labute approximate surface area is 165 Å². The quantitative estimate of drug-likeness (QED) is 0.570. The molecule has 1 amide bonds. The molecule has 3 aromatic rings. The van der Waals surface area contributed by atoms with E-state index < -0.39 is 0 Å². The lowest BCUT2D eigenvalue weighted by Crippen LogP contribution is -2.33. The van der Waals surface area contributed by atoms with Crippen LogP contribution in [0.15, 0.2) is 48.5 Å². The zero-order valence-electron chi connectivity index (χ0n) is 14.7. The summed E-state index contributed by atoms with van der Waals surface area (Å²) in [4.78, 5) is 20.3. The molecule has 0 aliphatic carbocycles. The number of fused-ring (bicyclic) bond motifs is 1. The van der Waals surface area contributed by atoms with Crippen molar-refractivity contribution in [2.45, 2.75) is 26.3 Å². The predicted molar refractivity (Wildman–Crippen MR) is 111 cm³/mol. The Morgan fingerprint density at radius 1 is 1.12 bits per heavy atom. The highest BCUT2D eigenvalue weighted by Crippen LogP contribution is 2.22. The van der Waals surface area contributed by atoms with Crippen molar-refractivity contribution in [3.05, 3.63) is 59.9 Å². The monoisotopic (exact) mass is 394 g/mol. The minimum atomic E-state index is -0.154. The minimum Gasteiger partial charge on any atom is -0.399 e. The molecule has 0 aliphatic heterocycles. The normalized spacial score (nSPS) is 11.5. The number of nitrogen functional groups attached to an aromatic ring is 1. The second-order valence-electron chi connectivity index (χ2n) is 6.35. The lowest BCUT2D eigenvalue weighted by Gasteiger charge is -2.20. The van der Waals surface area contributed by atoms with Crippen LogP contribution in [0.2, 0.25) is 0 Å². The average molecular weight is 395 g/mol. The molecule has 0 fully saturated rings. The van der Waals surface area contributed by atoms with Gasteiger partial charge in [0.15, 0.2) is 0 Å². The SMILES string of the molecule is CC(C)C(NC(=O)Cc1ccc(N)cc1)c1nc2ccccc2[nH]1.Cl.Cl. The number of imidazole rings is 1. The standard InChI is InChI=1S/C19H22N4O.2ClH/c1-12(2)18(19-21-15-5-3-4-6-16(15)22-19)23-17(24)11-13-7-9-14(20)10-8-13;;/h3-10,12,18H,11,20H2,1-2H3,(H,21,22)(H,23,24);2*1H. The second-order valence-corrected chi connectivity index (χ2v) is 6.35. The Hall–Kier alpha value is -2.24. The van der Waals surface area contributed by atoms with Gasteiger partial charge in [-0.2, -0.15) is 0 Å². The van der Waals surface area contributed by atoms with Crippen molar-refractivity contribution in [3.63, 3.8) is 0 Å². The smallest absolute Gasteiger partial charge is 0.225 e. The van der Waals surface area contributed by atoms with E-state index in [0.29, 0.717) is 12.1 Å². The molecule has 140 valence electrons. The topological polar surface area (TPSA) is 83.8 Å². The molecule has 1 atom stereocenters. The Morgan fingerprint density at radius 3 is 2.38 bits per heavy atom. The molecule has 5 nitrogen and oxygen atoms in total. The zero-order valence-corrected chi connectivity index (χ0v) is 16.4. The van der Waals surface area contributed by atoms with Crippen molar-refractivity contribution >= 4 is 47.4 Å². The molecule has 1 aromatic heterocycles. The zero-order chi connectivity index (χ0) is 17.1. The Balaban J connectivity index is 0.00000169. The maximum absolute atomic E-state index is 12.4. The fraction of sp³-hybridized carbons (Fsp3) is 0.263. The molecule has 1 unspecified atom stereocenters. The highest BCUT2D eigenvalue weighted by molar-refractivity contribution is 5.85. The van der Waals surface area contributed by atoms with E-state index in [0.717, 1.165) is 22.4 Å². The predicted octanol–water partition coefficient (Wildman–Crippen LogP) is 4.04. The van der Waals surface area contributed by atoms with Gasteiger partial charge in [-0.15, -0.1) is 24.8 Å². The third-order valence-electron chi connectivity index (χ3n) is 4.03. The van der Waals surface area contributed by atoms with Gasteiger partial charge in [0.05, 0.1) is 23.5 Å². The van der Waals surface area contributed by atoms with Gasteiger partial charge >= 0.3 is 0 Å². The van der Waals surface area contributed by atoms with E-state index in [-0.39, 0.29) is 42.7 Å². The number of H-pyrrole nitrogens is 1. The number of benzene rings is 2. The fourth-order valence-corrected chi connectivity index (χ4v) is 2.72. The van der Waals surface area contributed by atoms with Crippen LogP contribution in [0.25, 0.3) is 11.0 Å². The molecule has 0 spiro atoms. The Kier molecular flexibility index (Phi) is 7.93. The van der Waals surface area contributed by atoms with Crippen LogP contribution in [0, 0.1) is 5.92 Å². The highest BCUT2D eigenvalue weighted by atomic mass is 35.5. The van der Waals surface area contributed by atoms with Crippen molar-refractivity contribution < 1.29 is 4.79 Å². The first-order chi connectivity index (χ1) is 11.5. The number of nitrogens with zero attached hydrogens (tertiary/aromatic N) is 1. The molecule has 26 heavy (non-hydrogen) atoms. The lowest BCUT2D eigenvalue weighted by molar-refractivity contribution is -0.121. The van der Waals surface area contributed by atoms with Crippen molar-refractivity contribution in [2.24, 2.45) is 5.92 Å². The van der Waals surface area contributed by atoms with Gasteiger partial charge < -0.3 is 16.0 Å². The number of amides is 1. The van der Waals surface area contributed by atoms with E-state index in [4.69, 9.17) is 5.73 Å². The summed E-state index contributed by atoms with van der Waals surface area (Å²) in [5, 5.41) is 3.09. The molecule has 4 N–H and O–H groups in total. The Bertz CT molecular complexity index is 813. The van der Waals surface area contributed by atoms with E-state index in [1.54, 1.807) is 0 Å². The van der Waals surface area contributed by atoms with E-state index >= 15 is 0 Å². The van der Waals surface area contributed by atoms with Crippen LogP contribution in [0.3, 0.4) is 0 Å². The second kappa shape index (κ2) is 9.46. The van der Waals surface area contributed by atoms with Gasteiger partial charge in [-0.05, 0) is 35.7 Å². The number of para-hydroxylation sites is 2. The molecule has 3 rings (SSSR count). The van der Waals surface area contributed by atoms with E-state index in [1.165, 1.54) is 0 Å². The number of carbonyl (C=O) groups excluding carboxylic acids is 1. The van der Waals surface area contributed by atoms with Crippen LogP contribution in [0.4, 0.5) is 5.69 Å². The molecular weight excluding hydrogens is 371 g/mol. The molecule has 2 aromatic carbocycles. The first-order valence-electron chi connectivity index (χ1n) is 8.11. The third-order valence-corrected chi connectivity index (χ3v) is 4.03. The maximum atomic E-state index is 12.4. The summed E-state index contributed by atoms with van der Waals surface area (Å²) < 4.78 is 0. The molecule has 0 radical (unpaired) electrons. The van der Waals surface area contributed by atoms with Crippen LogP contribution in [0.1, 0.15) is 31.3 Å². The number of anilines is 1. The van der Waals surface area contributed by atoms with Crippen LogP contribution in [-0.2, 0) is 11.2 Å². The molecule has 7 heteroatoms.